The topological polar surface area (TPSA) is 29.3 Å². The Morgan fingerprint density at radius 1 is 1.29 bits per heavy atom. The number of fused-ring (bicyclic) bond motifs is 1. The summed E-state index contributed by atoms with van der Waals surface area (Å²) in [7, 11) is 0. The van der Waals surface area contributed by atoms with Gasteiger partial charge in [-0.1, -0.05) is 26.8 Å². The molecule has 1 atom stereocenters. The van der Waals surface area contributed by atoms with Crippen molar-refractivity contribution in [3.05, 3.63) is 36.3 Å². The van der Waals surface area contributed by atoms with Crippen molar-refractivity contribution in [2.75, 3.05) is 6.54 Å². The molecule has 2 heterocycles. The molecule has 0 aliphatic rings. The number of hydrogen-bond acceptors (Lipinski definition) is 2. The number of nitrogens with zero attached hydrogens (tertiary/aromatic N) is 2. The molecule has 92 valence electrons. The molecule has 17 heavy (non-hydrogen) atoms. The van der Waals surface area contributed by atoms with Crippen LogP contribution < -0.4 is 5.32 Å². The Kier molecular flexibility index (Phi) is 3.79. The summed E-state index contributed by atoms with van der Waals surface area (Å²) in [6.07, 6.45) is 4.12. The lowest BCUT2D eigenvalue weighted by Crippen LogP contribution is -2.23. The van der Waals surface area contributed by atoms with Gasteiger partial charge in [-0.05, 0) is 30.5 Å². The van der Waals surface area contributed by atoms with Crippen LogP contribution in [0.25, 0.3) is 5.65 Å². The van der Waals surface area contributed by atoms with Gasteiger partial charge in [0.25, 0.3) is 0 Å². The van der Waals surface area contributed by atoms with E-state index >= 15 is 0 Å². The van der Waals surface area contributed by atoms with E-state index in [4.69, 9.17) is 0 Å². The van der Waals surface area contributed by atoms with E-state index in [2.05, 4.69) is 41.7 Å². The number of imidazole rings is 1. The van der Waals surface area contributed by atoms with E-state index in [9.17, 15) is 0 Å². The fraction of sp³-hybridized carbons (Fsp3) is 0.500. The van der Waals surface area contributed by atoms with E-state index in [1.54, 1.807) is 0 Å². The Morgan fingerprint density at radius 2 is 2.12 bits per heavy atom. The van der Waals surface area contributed by atoms with Crippen molar-refractivity contribution in [3.8, 4) is 0 Å². The van der Waals surface area contributed by atoms with Gasteiger partial charge in [0, 0.05) is 18.9 Å². The highest BCUT2D eigenvalue weighted by atomic mass is 15.0. The van der Waals surface area contributed by atoms with Crippen LogP contribution in [-0.4, -0.2) is 15.9 Å². The minimum Gasteiger partial charge on any atom is -0.311 e. The van der Waals surface area contributed by atoms with Crippen LogP contribution in [0, 0.1) is 11.8 Å². The number of hydrogen-bond donors (Lipinski definition) is 1. The summed E-state index contributed by atoms with van der Waals surface area (Å²) in [4.78, 5) is 4.55. The molecule has 2 rings (SSSR count). The van der Waals surface area contributed by atoms with Crippen LogP contribution in [0.3, 0.4) is 0 Å². The molecule has 3 nitrogen and oxygen atoms in total. The molecule has 0 bridgehead atoms. The zero-order valence-electron chi connectivity index (χ0n) is 10.9. The van der Waals surface area contributed by atoms with Crippen molar-refractivity contribution in [2.24, 2.45) is 11.8 Å². The minimum atomic E-state index is 0.701. The first-order chi connectivity index (χ1) is 8.16. The lowest BCUT2D eigenvalue weighted by Gasteiger charge is -2.15. The Bertz CT molecular complexity index is 440. The maximum atomic E-state index is 4.55. The Morgan fingerprint density at radius 3 is 2.82 bits per heavy atom. The van der Waals surface area contributed by atoms with E-state index in [0.717, 1.165) is 30.3 Å². The number of aromatic nitrogens is 2. The molecule has 0 amide bonds. The molecule has 0 spiro atoms. The maximum absolute atomic E-state index is 4.55. The molecular formula is C14H21N3. The van der Waals surface area contributed by atoms with Crippen molar-refractivity contribution in [2.45, 2.75) is 27.3 Å². The van der Waals surface area contributed by atoms with Crippen LogP contribution in [0.5, 0.6) is 0 Å². The zero-order valence-corrected chi connectivity index (χ0v) is 10.9. The lowest BCUT2D eigenvalue weighted by molar-refractivity contribution is 0.392. The smallest absolute Gasteiger partial charge is 0.137 e. The van der Waals surface area contributed by atoms with Gasteiger partial charge in [0.05, 0.1) is 5.69 Å². The Labute approximate surface area is 103 Å². The number of pyridine rings is 1. The first-order valence-corrected chi connectivity index (χ1v) is 6.30. The van der Waals surface area contributed by atoms with Crippen molar-refractivity contribution < 1.29 is 0 Å². The average molecular weight is 231 g/mol. The molecule has 0 saturated heterocycles. The maximum Gasteiger partial charge on any atom is 0.137 e. The van der Waals surface area contributed by atoms with Gasteiger partial charge in [-0.25, -0.2) is 4.98 Å². The highest BCUT2D eigenvalue weighted by Crippen LogP contribution is 2.08. The van der Waals surface area contributed by atoms with Gasteiger partial charge < -0.3 is 9.72 Å². The van der Waals surface area contributed by atoms with Gasteiger partial charge >= 0.3 is 0 Å². The van der Waals surface area contributed by atoms with Crippen LogP contribution in [0.4, 0.5) is 0 Å². The summed E-state index contributed by atoms with van der Waals surface area (Å²) in [6.45, 7) is 8.69. The van der Waals surface area contributed by atoms with Gasteiger partial charge in [0.2, 0.25) is 0 Å². The second kappa shape index (κ2) is 5.32. The Balaban J connectivity index is 1.91. The third kappa shape index (κ3) is 3.07. The van der Waals surface area contributed by atoms with Gasteiger partial charge in [-0.2, -0.15) is 0 Å². The molecule has 0 aliphatic carbocycles. The van der Waals surface area contributed by atoms with Crippen LogP contribution in [-0.2, 0) is 6.54 Å². The molecule has 1 unspecified atom stereocenters. The summed E-state index contributed by atoms with van der Waals surface area (Å²) in [5.74, 6) is 1.43. The van der Waals surface area contributed by atoms with Crippen LogP contribution in [0.15, 0.2) is 30.6 Å². The Hall–Kier alpha value is -1.35. The fourth-order valence-electron chi connectivity index (χ4n) is 1.74. The molecule has 0 radical (unpaired) electrons. The first-order valence-electron chi connectivity index (χ1n) is 6.30. The third-order valence-corrected chi connectivity index (χ3v) is 3.32. The molecular weight excluding hydrogens is 210 g/mol. The summed E-state index contributed by atoms with van der Waals surface area (Å²) in [6, 6.07) is 6.06. The van der Waals surface area contributed by atoms with Gasteiger partial charge in [-0.3, -0.25) is 0 Å². The molecule has 3 heteroatoms. The molecule has 0 aromatic carbocycles. The highest BCUT2D eigenvalue weighted by molar-refractivity contribution is 5.39. The van der Waals surface area contributed by atoms with Crippen molar-refractivity contribution in [1.82, 2.24) is 14.7 Å². The molecule has 0 aliphatic heterocycles. The van der Waals surface area contributed by atoms with Crippen LogP contribution in [0.2, 0.25) is 0 Å². The van der Waals surface area contributed by atoms with Crippen LogP contribution in [0.1, 0.15) is 26.5 Å². The van der Waals surface area contributed by atoms with E-state index in [0.29, 0.717) is 5.92 Å². The van der Waals surface area contributed by atoms with E-state index in [1.807, 2.05) is 24.4 Å². The summed E-state index contributed by atoms with van der Waals surface area (Å²) in [5.41, 5.74) is 2.12. The largest absolute Gasteiger partial charge is 0.311 e. The highest BCUT2D eigenvalue weighted by Gasteiger charge is 2.06. The predicted octanol–water partition coefficient (Wildman–Crippen LogP) is 2.72. The van der Waals surface area contributed by atoms with E-state index in [1.165, 1.54) is 0 Å². The fourth-order valence-corrected chi connectivity index (χ4v) is 1.74. The monoisotopic (exact) mass is 231 g/mol. The molecule has 0 fully saturated rings. The second-order valence-corrected chi connectivity index (χ2v) is 5.05. The summed E-state index contributed by atoms with van der Waals surface area (Å²) in [5, 5.41) is 3.47. The molecule has 1 N–H and O–H groups in total. The molecule has 2 aromatic rings. The average Bonchev–Trinajstić information content (AvgIpc) is 2.71. The molecule has 2 aromatic heterocycles. The quantitative estimate of drug-likeness (QED) is 0.857. The zero-order chi connectivity index (χ0) is 12.3. The number of nitrogens with one attached hydrogen (secondary N) is 1. The SMILES string of the molecule is CC(C)C(C)CNCc1cn2ccccc2n1. The van der Waals surface area contributed by atoms with Crippen LogP contribution >= 0.6 is 0 Å². The summed E-state index contributed by atoms with van der Waals surface area (Å²) < 4.78 is 2.06. The van der Waals surface area contributed by atoms with Crippen molar-refractivity contribution >= 4 is 5.65 Å². The predicted molar refractivity (Wildman–Crippen MR) is 70.9 cm³/mol. The second-order valence-electron chi connectivity index (χ2n) is 5.05. The van der Waals surface area contributed by atoms with E-state index in [-0.39, 0.29) is 0 Å². The first kappa shape index (κ1) is 12.1. The van der Waals surface area contributed by atoms with Gasteiger partial charge in [0.1, 0.15) is 5.65 Å². The summed E-state index contributed by atoms with van der Waals surface area (Å²) >= 11 is 0. The molecule has 0 saturated carbocycles. The minimum absolute atomic E-state index is 0.701. The van der Waals surface area contributed by atoms with Crippen molar-refractivity contribution in [1.29, 1.82) is 0 Å². The lowest BCUT2D eigenvalue weighted by atomic mass is 9.98. The van der Waals surface area contributed by atoms with Gasteiger partial charge in [0.15, 0.2) is 0 Å². The van der Waals surface area contributed by atoms with E-state index < -0.39 is 0 Å². The number of rotatable bonds is 5. The third-order valence-electron chi connectivity index (χ3n) is 3.32. The van der Waals surface area contributed by atoms with Crippen molar-refractivity contribution in [3.63, 3.8) is 0 Å². The standard InChI is InChI=1S/C14H21N3/c1-11(2)12(3)8-15-9-13-10-17-7-5-4-6-14(17)16-13/h4-7,10-12,15H,8-9H2,1-3H3. The normalized spacial score (nSPS) is 13.4. The van der Waals surface area contributed by atoms with Gasteiger partial charge in [-0.15, -0.1) is 0 Å².